The maximum Gasteiger partial charge on any atom is 0.206 e. The summed E-state index contributed by atoms with van der Waals surface area (Å²) in [6.07, 6.45) is 0. The molecule has 0 radical (unpaired) electrons. The highest BCUT2D eigenvalue weighted by Gasteiger charge is 2.15. The summed E-state index contributed by atoms with van der Waals surface area (Å²) in [5.74, 6) is 0. The van der Waals surface area contributed by atoms with E-state index in [4.69, 9.17) is 0 Å². The molecule has 2 rings (SSSR count). The molecule has 0 N–H and O–H groups in total. The van der Waals surface area contributed by atoms with Crippen molar-refractivity contribution in [3.63, 3.8) is 0 Å². The molecule has 2 aromatic rings. The lowest BCUT2D eigenvalue weighted by atomic mass is 10.4. The Morgan fingerprint density at radius 3 is 1.29 bits per heavy atom. The first-order valence-corrected chi connectivity index (χ1v) is 6.42. The first-order chi connectivity index (χ1) is 8.21. The molecule has 0 atom stereocenters. The highest BCUT2D eigenvalue weighted by Crippen LogP contribution is 2.19. The minimum atomic E-state index is -3.34. The summed E-state index contributed by atoms with van der Waals surface area (Å²) in [7, 11) is -2.84. The van der Waals surface area contributed by atoms with E-state index in [1.165, 1.54) is 0 Å². The van der Waals surface area contributed by atoms with Crippen LogP contribution in [0.2, 0.25) is 0 Å². The Morgan fingerprint density at radius 2 is 1.00 bits per heavy atom. The van der Waals surface area contributed by atoms with Crippen LogP contribution in [-0.2, 0) is 9.84 Å². The van der Waals surface area contributed by atoms with Crippen molar-refractivity contribution in [2.75, 3.05) is 7.18 Å². The second kappa shape index (κ2) is 6.15. The maximum absolute atomic E-state index is 12.0. The van der Waals surface area contributed by atoms with Gasteiger partial charge in [-0.25, -0.2) is 8.42 Å². The van der Waals surface area contributed by atoms with E-state index >= 15 is 0 Å². The van der Waals surface area contributed by atoms with E-state index in [2.05, 4.69) is 0 Å². The molecule has 0 fully saturated rings. The van der Waals surface area contributed by atoms with Gasteiger partial charge in [-0.2, -0.15) is 0 Å². The maximum atomic E-state index is 12.0. The van der Waals surface area contributed by atoms with Crippen LogP contribution in [0.3, 0.4) is 0 Å². The fraction of sp³-hybridized carbons (Fsp3) is 0.0769. The van der Waals surface area contributed by atoms with Gasteiger partial charge in [0.2, 0.25) is 9.84 Å². The Labute approximate surface area is 101 Å². The Balaban J connectivity index is 0.000000686. The van der Waals surface area contributed by atoms with E-state index in [-0.39, 0.29) is 0 Å². The minimum Gasteiger partial charge on any atom is -0.255 e. The number of hydrogen-bond donors (Lipinski definition) is 0. The molecule has 0 aliphatic rings. The van der Waals surface area contributed by atoms with E-state index in [1.54, 1.807) is 60.7 Å². The number of sulfone groups is 1. The van der Waals surface area contributed by atoms with Gasteiger partial charge in [-0.15, -0.1) is 0 Å². The van der Waals surface area contributed by atoms with Crippen molar-refractivity contribution in [2.24, 2.45) is 0 Å². The molecular weight excluding hydrogens is 239 g/mol. The van der Waals surface area contributed by atoms with Crippen molar-refractivity contribution in [2.45, 2.75) is 9.79 Å². The summed E-state index contributed by atoms with van der Waals surface area (Å²) < 4.78 is 33.6. The fourth-order valence-corrected chi connectivity index (χ4v) is 2.64. The van der Waals surface area contributed by atoms with Gasteiger partial charge in [0, 0.05) is 0 Å². The van der Waals surface area contributed by atoms with Crippen LogP contribution in [0.1, 0.15) is 0 Å². The van der Waals surface area contributed by atoms with Crippen LogP contribution in [0.15, 0.2) is 70.5 Å². The van der Waals surface area contributed by atoms with Gasteiger partial charge < -0.3 is 0 Å². The molecule has 0 saturated heterocycles. The monoisotopic (exact) mass is 252 g/mol. The number of halogens is 1. The van der Waals surface area contributed by atoms with Crippen molar-refractivity contribution in [1.82, 2.24) is 0 Å². The third kappa shape index (κ3) is 3.14. The molecule has 2 nitrogen and oxygen atoms in total. The largest absolute Gasteiger partial charge is 0.255 e. The molecule has 0 unspecified atom stereocenters. The van der Waals surface area contributed by atoms with Crippen LogP contribution in [0.4, 0.5) is 4.39 Å². The Bertz CT molecular complexity index is 491. The standard InChI is InChI=1S/C12H10O2S.CH3F/c13-15(14,11-7-3-1-4-8-11)12-9-5-2-6-10-12;1-2/h1-10H;1H3. The number of alkyl halides is 1. The highest BCUT2D eigenvalue weighted by atomic mass is 32.2. The van der Waals surface area contributed by atoms with Crippen molar-refractivity contribution in [1.29, 1.82) is 0 Å². The Hall–Kier alpha value is -1.68. The molecule has 0 amide bonds. The van der Waals surface area contributed by atoms with E-state index in [0.29, 0.717) is 17.0 Å². The topological polar surface area (TPSA) is 34.1 Å². The molecule has 0 bridgehead atoms. The van der Waals surface area contributed by atoms with Crippen LogP contribution in [-0.4, -0.2) is 15.6 Å². The average Bonchev–Trinajstić information content (AvgIpc) is 2.43. The highest BCUT2D eigenvalue weighted by molar-refractivity contribution is 7.91. The summed E-state index contributed by atoms with van der Waals surface area (Å²) in [6, 6.07) is 16.9. The fourth-order valence-electron chi connectivity index (χ4n) is 1.34. The summed E-state index contributed by atoms with van der Waals surface area (Å²) in [5.41, 5.74) is 0. The molecule has 0 aliphatic heterocycles. The third-order valence-electron chi connectivity index (χ3n) is 2.11. The van der Waals surface area contributed by atoms with Gasteiger partial charge in [0.1, 0.15) is 0 Å². The number of rotatable bonds is 2. The molecule has 4 heteroatoms. The normalized spacial score (nSPS) is 10.2. The quantitative estimate of drug-likeness (QED) is 0.823. The first kappa shape index (κ1) is 13.4. The van der Waals surface area contributed by atoms with Crippen molar-refractivity contribution in [3.05, 3.63) is 60.7 Å². The molecule has 17 heavy (non-hydrogen) atoms. The SMILES string of the molecule is CF.O=S(=O)(c1ccccc1)c1ccccc1. The molecule has 0 spiro atoms. The minimum absolute atomic E-state index is 0.330. The van der Waals surface area contributed by atoms with Gasteiger partial charge in [-0.1, -0.05) is 36.4 Å². The zero-order valence-corrected chi connectivity index (χ0v) is 10.2. The summed E-state index contributed by atoms with van der Waals surface area (Å²) in [4.78, 5) is 0.660. The first-order valence-electron chi connectivity index (χ1n) is 4.94. The van der Waals surface area contributed by atoms with Crippen LogP contribution in [0, 0.1) is 0 Å². The van der Waals surface area contributed by atoms with Gasteiger partial charge in [-0.05, 0) is 24.3 Å². The zero-order chi connectivity index (χ0) is 12.7. The van der Waals surface area contributed by atoms with E-state index in [0.717, 1.165) is 0 Å². The molecule has 2 aromatic carbocycles. The van der Waals surface area contributed by atoms with Crippen molar-refractivity contribution < 1.29 is 12.8 Å². The predicted molar refractivity (Wildman–Crippen MR) is 65.4 cm³/mol. The van der Waals surface area contributed by atoms with Crippen LogP contribution < -0.4 is 0 Å². The summed E-state index contributed by atoms with van der Waals surface area (Å²) >= 11 is 0. The molecular formula is C13H13FO2S. The summed E-state index contributed by atoms with van der Waals surface area (Å²) in [5, 5.41) is 0. The Kier molecular flexibility index (Phi) is 4.84. The smallest absolute Gasteiger partial charge is 0.206 e. The van der Waals surface area contributed by atoms with Crippen LogP contribution in [0.25, 0.3) is 0 Å². The van der Waals surface area contributed by atoms with Gasteiger partial charge in [-0.3, -0.25) is 4.39 Å². The molecule has 0 aliphatic carbocycles. The summed E-state index contributed by atoms with van der Waals surface area (Å²) in [6.45, 7) is 0. The third-order valence-corrected chi connectivity index (χ3v) is 3.89. The second-order valence-corrected chi connectivity index (χ2v) is 5.08. The van der Waals surface area contributed by atoms with Gasteiger partial charge in [0.05, 0.1) is 17.0 Å². The van der Waals surface area contributed by atoms with E-state index < -0.39 is 9.84 Å². The van der Waals surface area contributed by atoms with E-state index in [9.17, 15) is 12.8 Å². The van der Waals surface area contributed by atoms with Crippen molar-refractivity contribution in [3.8, 4) is 0 Å². The average molecular weight is 252 g/mol. The molecule has 0 heterocycles. The van der Waals surface area contributed by atoms with Crippen LogP contribution >= 0.6 is 0 Å². The lowest BCUT2D eigenvalue weighted by molar-refractivity contribution is 0.596. The predicted octanol–water partition coefficient (Wildman–Crippen LogP) is 3.11. The molecule has 0 saturated carbocycles. The lowest BCUT2D eigenvalue weighted by Crippen LogP contribution is -2.00. The molecule has 0 aromatic heterocycles. The van der Waals surface area contributed by atoms with Crippen molar-refractivity contribution >= 4 is 9.84 Å². The number of hydrogen-bond acceptors (Lipinski definition) is 2. The second-order valence-electron chi connectivity index (χ2n) is 3.13. The molecule has 90 valence electrons. The zero-order valence-electron chi connectivity index (χ0n) is 9.38. The van der Waals surface area contributed by atoms with Gasteiger partial charge in [0.25, 0.3) is 0 Å². The van der Waals surface area contributed by atoms with Crippen LogP contribution in [0.5, 0.6) is 0 Å². The lowest BCUT2D eigenvalue weighted by Gasteiger charge is -2.03. The van der Waals surface area contributed by atoms with E-state index in [1.807, 2.05) is 0 Å². The Morgan fingerprint density at radius 1 is 0.706 bits per heavy atom. The van der Waals surface area contributed by atoms with Gasteiger partial charge >= 0.3 is 0 Å². The number of benzene rings is 2. The van der Waals surface area contributed by atoms with Gasteiger partial charge in [0.15, 0.2) is 0 Å².